The first-order valence-corrected chi connectivity index (χ1v) is 8.15. The zero-order chi connectivity index (χ0) is 16.9. The van der Waals surface area contributed by atoms with Crippen LogP contribution in [-0.2, 0) is 4.79 Å². The summed E-state index contributed by atoms with van der Waals surface area (Å²) in [6, 6.07) is 6.84. The molecule has 0 bridgehead atoms. The molecule has 0 atom stereocenters. The number of anilines is 2. The number of hydrogen-bond acceptors (Lipinski definition) is 3. The van der Waals surface area contributed by atoms with Gasteiger partial charge in [-0.2, -0.15) is 0 Å². The SMILES string of the molecule is CCC(O)(CC)CNC(=O)Nc1ccc(N2CCCC2=O)cc1. The van der Waals surface area contributed by atoms with Crippen LogP contribution in [0.25, 0.3) is 0 Å². The van der Waals surface area contributed by atoms with Gasteiger partial charge in [-0.25, -0.2) is 4.79 Å². The Morgan fingerprint density at radius 3 is 2.43 bits per heavy atom. The third-order valence-corrected chi connectivity index (χ3v) is 4.40. The van der Waals surface area contributed by atoms with Crippen LogP contribution in [-0.4, -0.2) is 35.7 Å². The van der Waals surface area contributed by atoms with E-state index in [-0.39, 0.29) is 18.5 Å². The summed E-state index contributed by atoms with van der Waals surface area (Å²) in [7, 11) is 0. The summed E-state index contributed by atoms with van der Waals surface area (Å²) >= 11 is 0. The topological polar surface area (TPSA) is 81.7 Å². The molecule has 1 heterocycles. The molecule has 6 nitrogen and oxygen atoms in total. The first-order valence-electron chi connectivity index (χ1n) is 8.15. The number of urea groups is 1. The molecule has 2 rings (SSSR count). The van der Waals surface area contributed by atoms with Crippen molar-refractivity contribution in [2.24, 2.45) is 0 Å². The summed E-state index contributed by atoms with van der Waals surface area (Å²) in [6.45, 7) is 4.74. The lowest BCUT2D eigenvalue weighted by Crippen LogP contribution is -2.43. The van der Waals surface area contributed by atoms with Crippen molar-refractivity contribution in [1.29, 1.82) is 0 Å². The minimum absolute atomic E-state index is 0.141. The van der Waals surface area contributed by atoms with Gasteiger partial charge in [-0.05, 0) is 43.5 Å². The van der Waals surface area contributed by atoms with E-state index in [1.165, 1.54) is 0 Å². The van der Waals surface area contributed by atoms with Gasteiger partial charge in [0.15, 0.2) is 0 Å². The summed E-state index contributed by atoms with van der Waals surface area (Å²) in [6.07, 6.45) is 2.66. The molecule has 1 saturated heterocycles. The van der Waals surface area contributed by atoms with Crippen LogP contribution in [0.1, 0.15) is 39.5 Å². The van der Waals surface area contributed by atoms with Crippen molar-refractivity contribution in [2.75, 3.05) is 23.3 Å². The second-order valence-corrected chi connectivity index (χ2v) is 5.93. The molecule has 126 valence electrons. The number of amides is 3. The lowest BCUT2D eigenvalue weighted by Gasteiger charge is -2.25. The molecule has 1 fully saturated rings. The fourth-order valence-corrected chi connectivity index (χ4v) is 2.57. The molecule has 1 aromatic carbocycles. The molecule has 6 heteroatoms. The van der Waals surface area contributed by atoms with E-state index in [9.17, 15) is 14.7 Å². The third kappa shape index (κ3) is 4.45. The highest BCUT2D eigenvalue weighted by Gasteiger charge is 2.23. The highest BCUT2D eigenvalue weighted by Crippen LogP contribution is 2.23. The van der Waals surface area contributed by atoms with E-state index < -0.39 is 5.60 Å². The largest absolute Gasteiger partial charge is 0.388 e. The molecule has 0 radical (unpaired) electrons. The van der Waals surface area contributed by atoms with E-state index in [0.29, 0.717) is 24.9 Å². The van der Waals surface area contributed by atoms with Gasteiger partial charge >= 0.3 is 6.03 Å². The molecule has 1 aromatic rings. The van der Waals surface area contributed by atoms with Gasteiger partial charge in [0.2, 0.25) is 5.91 Å². The highest BCUT2D eigenvalue weighted by atomic mass is 16.3. The Bertz CT molecular complexity index is 553. The second-order valence-electron chi connectivity index (χ2n) is 5.93. The maximum absolute atomic E-state index is 11.9. The fraction of sp³-hybridized carbons (Fsp3) is 0.529. The Kier molecular flexibility index (Phi) is 5.60. The van der Waals surface area contributed by atoms with Gasteiger partial charge in [-0.1, -0.05) is 13.8 Å². The molecular weight excluding hydrogens is 294 g/mol. The van der Waals surface area contributed by atoms with Crippen molar-refractivity contribution in [2.45, 2.75) is 45.1 Å². The number of nitrogens with one attached hydrogen (secondary N) is 2. The monoisotopic (exact) mass is 319 g/mol. The maximum atomic E-state index is 11.9. The van der Waals surface area contributed by atoms with Crippen molar-refractivity contribution in [3.05, 3.63) is 24.3 Å². The van der Waals surface area contributed by atoms with E-state index in [1.54, 1.807) is 17.0 Å². The number of nitrogens with zero attached hydrogens (tertiary/aromatic N) is 1. The van der Waals surface area contributed by atoms with Gasteiger partial charge in [0.1, 0.15) is 0 Å². The van der Waals surface area contributed by atoms with Crippen LogP contribution in [0.3, 0.4) is 0 Å². The quantitative estimate of drug-likeness (QED) is 0.753. The fourth-order valence-electron chi connectivity index (χ4n) is 2.57. The molecule has 1 aliphatic heterocycles. The van der Waals surface area contributed by atoms with Crippen LogP contribution in [0, 0.1) is 0 Å². The summed E-state index contributed by atoms with van der Waals surface area (Å²) in [4.78, 5) is 25.3. The number of carbonyl (C=O) groups is 2. The lowest BCUT2D eigenvalue weighted by atomic mass is 9.98. The molecule has 0 aliphatic carbocycles. The number of hydrogen-bond donors (Lipinski definition) is 3. The van der Waals surface area contributed by atoms with E-state index in [4.69, 9.17) is 0 Å². The lowest BCUT2D eigenvalue weighted by molar-refractivity contribution is -0.117. The Morgan fingerprint density at radius 2 is 1.91 bits per heavy atom. The molecule has 0 aromatic heterocycles. The van der Waals surface area contributed by atoms with Crippen LogP contribution < -0.4 is 15.5 Å². The highest BCUT2D eigenvalue weighted by molar-refractivity contribution is 5.96. The van der Waals surface area contributed by atoms with Crippen molar-refractivity contribution >= 4 is 23.3 Å². The predicted octanol–water partition coefficient (Wildman–Crippen LogP) is 2.49. The van der Waals surface area contributed by atoms with E-state index in [1.807, 2.05) is 26.0 Å². The van der Waals surface area contributed by atoms with E-state index in [0.717, 1.165) is 18.7 Å². The molecular formula is C17H25N3O3. The zero-order valence-electron chi connectivity index (χ0n) is 13.8. The minimum Gasteiger partial charge on any atom is -0.388 e. The third-order valence-electron chi connectivity index (χ3n) is 4.40. The normalized spacial score (nSPS) is 14.9. The van der Waals surface area contributed by atoms with Crippen LogP contribution in [0.15, 0.2) is 24.3 Å². The maximum Gasteiger partial charge on any atom is 0.319 e. The minimum atomic E-state index is -0.864. The first-order chi connectivity index (χ1) is 11.0. The number of rotatable bonds is 6. The molecule has 3 amide bonds. The summed E-state index contributed by atoms with van der Waals surface area (Å²) in [5, 5.41) is 15.6. The van der Waals surface area contributed by atoms with Crippen LogP contribution >= 0.6 is 0 Å². The van der Waals surface area contributed by atoms with Gasteiger partial charge in [0, 0.05) is 30.9 Å². The van der Waals surface area contributed by atoms with Crippen molar-refractivity contribution in [3.63, 3.8) is 0 Å². The Morgan fingerprint density at radius 1 is 1.26 bits per heavy atom. The van der Waals surface area contributed by atoms with Gasteiger partial charge in [-0.15, -0.1) is 0 Å². The van der Waals surface area contributed by atoms with Crippen molar-refractivity contribution < 1.29 is 14.7 Å². The van der Waals surface area contributed by atoms with Gasteiger partial charge < -0.3 is 20.6 Å². The summed E-state index contributed by atoms with van der Waals surface area (Å²) in [5.74, 6) is 0.141. The Labute approximate surface area is 136 Å². The molecule has 0 saturated carbocycles. The Balaban J connectivity index is 1.88. The average molecular weight is 319 g/mol. The van der Waals surface area contributed by atoms with Crippen LogP contribution in [0.2, 0.25) is 0 Å². The zero-order valence-corrected chi connectivity index (χ0v) is 13.8. The van der Waals surface area contributed by atoms with Crippen molar-refractivity contribution in [3.8, 4) is 0 Å². The molecule has 0 spiro atoms. The molecule has 23 heavy (non-hydrogen) atoms. The number of carbonyl (C=O) groups excluding carboxylic acids is 2. The molecule has 0 unspecified atom stereocenters. The standard InChI is InChI=1S/C17H25N3O3/c1-3-17(23,4-2)12-18-16(22)19-13-7-9-14(10-8-13)20-11-5-6-15(20)21/h7-10,23H,3-6,11-12H2,1-2H3,(H2,18,19,22). The summed E-state index contributed by atoms with van der Waals surface area (Å²) < 4.78 is 0. The number of benzene rings is 1. The van der Waals surface area contributed by atoms with Gasteiger partial charge in [-0.3, -0.25) is 4.79 Å². The van der Waals surface area contributed by atoms with Crippen LogP contribution in [0.5, 0.6) is 0 Å². The van der Waals surface area contributed by atoms with E-state index in [2.05, 4.69) is 10.6 Å². The first kappa shape index (κ1) is 17.3. The summed E-state index contributed by atoms with van der Waals surface area (Å²) in [5.41, 5.74) is 0.636. The predicted molar refractivity (Wildman–Crippen MR) is 90.6 cm³/mol. The van der Waals surface area contributed by atoms with Crippen molar-refractivity contribution in [1.82, 2.24) is 5.32 Å². The molecule has 3 N–H and O–H groups in total. The molecule has 1 aliphatic rings. The van der Waals surface area contributed by atoms with Gasteiger partial charge in [0.05, 0.1) is 5.60 Å². The smallest absolute Gasteiger partial charge is 0.319 e. The van der Waals surface area contributed by atoms with E-state index >= 15 is 0 Å². The average Bonchev–Trinajstić information content (AvgIpc) is 2.99. The number of aliphatic hydroxyl groups is 1. The Hall–Kier alpha value is -2.08. The second kappa shape index (κ2) is 7.46. The van der Waals surface area contributed by atoms with Crippen LogP contribution in [0.4, 0.5) is 16.2 Å². The van der Waals surface area contributed by atoms with Gasteiger partial charge in [0.25, 0.3) is 0 Å².